The van der Waals surface area contributed by atoms with Crippen LogP contribution in [0.4, 0.5) is 0 Å². The van der Waals surface area contributed by atoms with E-state index in [0.29, 0.717) is 5.92 Å². The molecule has 2 aromatic carbocycles. The maximum atomic E-state index is 5.96. The molecule has 20 heavy (non-hydrogen) atoms. The third-order valence-corrected chi connectivity index (χ3v) is 3.24. The molecular formula is C18H23NO. The Morgan fingerprint density at radius 2 is 1.70 bits per heavy atom. The van der Waals surface area contributed by atoms with Crippen molar-refractivity contribution < 1.29 is 4.74 Å². The van der Waals surface area contributed by atoms with Crippen LogP contribution < -0.4 is 10.1 Å². The summed E-state index contributed by atoms with van der Waals surface area (Å²) in [7, 11) is 0. The Bertz CT molecular complexity index is 549. The van der Waals surface area contributed by atoms with E-state index in [4.69, 9.17) is 4.74 Å². The van der Waals surface area contributed by atoms with Gasteiger partial charge in [0.2, 0.25) is 0 Å². The van der Waals surface area contributed by atoms with Gasteiger partial charge in [0.25, 0.3) is 0 Å². The summed E-state index contributed by atoms with van der Waals surface area (Å²) < 4.78 is 5.96. The molecule has 0 aromatic heterocycles. The zero-order chi connectivity index (χ0) is 14.4. The molecule has 1 N–H and O–H groups in total. The minimum absolute atomic E-state index is 0.513. The Labute approximate surface area is 121 Å². The molecule has 0 aliphatic carbocycles. The highest BCUT2D eigenvalue weighted by Gasteiger charge is 2.03. The molecule has 0 bridgehead atoms. The fourth-order valence-electron chi connectivity index (χ4n) is 2.06. The molecule has 2 nitrogen and oxygen atoms in total. The second-order valence-electron chi connectivity index (χ2n) is 5.26. The van der Waals surface area contributed by atoms with Crippen LogP contribution in [0.15, 0.2) is 48.5 Å². The number of hydrogen-bond donors (Lipinski definition) is 1. The molecule has 0 unspecified atom stereocenters. The lowest BCUT2D eigenvalue weighted by molar-refractivity contribution is 0.480. The number of nitrogens with one attached hydrogen (secondary N) is 1. The first-order valence-electron chi connectivity index (χ1n) is 7.26. The van der Waals surface area contributed by atoms with Crippen molar-refractivity contribution in [1.29, 1.82) is 0 Å². The minimum atomic E-state index is 0.513. The van der Waals surface area contributed by atoms with Gasteiger partial charge in [-0.15, -0.1) is 0 Å². The third kappa shape index (κ3) is 4.10. The Hall–Kier alpha value is -1.80. The predicted molar refractivity (Wildman–Crippen MR) is 84.4 cm³/mol. The molecule has 0 amide bonds. The van der Waals surface area contributed by atoms with Crippen molar-refractivity contribution in [2.45, 2.75) is 33.2 Å². The van der Waals surface area contributed by atoms with Gasteiger partial charge in [-0.1, -0.05) is 45.0 Å². The molecule has 0 saturated carbocycles. The molecule has 0 aliphatic rings. The topological polar surface area (TPSA) is 21.3 Å². The lowest BCUT2D eigenvalue weighted by Gasteiger charge is -2.11. The van der Waals surface area contributed by atoms with Gasteiger partial charge >= 0.3 is 0 Å². The van der Waals surface area contributed by atoms with Crippen molar-refractivity contribution in [3.63, 3.8) is 0 Å². The van der Waals surface area contributed by atoms with Crippen molar-refractivity contribution in [2.75, 3.05) is 6.54 Å². The maximum Gasteiger partial charge on any atom is 0.127 e. The van der Waals surface area contributed by atoms with Crippen molar-refractivity contribution in [3.05, 3.63) is 59.7 Å². The summed E-state index contributed by atoms with van der Waals surface area (Å²) in [5.74, 6) is 2.30. The van der Waals surface area contributed by atoms with E-state index in [2.05, 4.69) is 50.4 Å². The number of ether oxygens (including phenoxy) is 1. The van der Waals surface area contributed by atoms with Crippen LogP contribution in [0.2, 0.25) is 0 Å². The lowest BCUT2D eigenvalue weighted by Crippen LogP contribution is -2.11. The van der Waals surface area contributed by atoms with Gasteiger partial charge in [-0.05, 0) is 47.9 Å². The molecule has 0 atom stereocenters. The van der Waals surface area contributed by atoms with Crippen molar-refractivity contribution in [3.8, 4) is 11.5 Å². The molecule has 0 fully saturated rings. The predicted octanol–water partition coefficient (Wildman–Crippen LogP) is 4.71. The van der Waals surface area contributed by atoms with Gasteiger partial charge in [-0.2, -0.15) is 0 Å². The van der Waals surface area contributed by atoms with Crippen molar-refractivity contribution >= 4 is 0 Å². The van der Waals surface area contributed by atoms with Crippen LogP contribution in [0.3, 0.4) is 0 Å². The molecule has 2 heteroatoms. The summed E-state index contributed by atoms with van der Waals surface area (Å²) in [6.45, 7) is 8.34. The zero-order valence-corrected chi connectivity index (χ0v) is 12.5. The van der Waals surface area contributed by atoms with Gasteiger partial charge in [-0.3, -0.25) is 0 Å². The Balaban J connectivity index is 2.11. The Morgan fingerprint density at radius 3 is 2.40 bits per heavy atom. The first kappa shape index (κ1) is 14.6. The van der Waals surface area contributed by atoms with Crippen LogP contribution in [0.25, 0.3) is 0 Å². The van der Waals surface area contributed by atoms with E-state index in [1.165, 1.54) is 11.1 Å². The maximum absolute atomic E-state index is 5.96. The first-order valence-corrected chi connectivity index (χ1v) is 7.26. The van der Waals surface area contributed by atoms with Crippen molar-refractivity contribution in [2.24, 2.45) is 0 Å². The molecule has 0 spiro atoms. The largest absolute Gasteiger partial charge is 0.457 e. The summed E-state index contributed by atoms with van der Waals surface area (Å²) in [5.41, 5.74) is 2.54. The van der Waals surface area contributed by atoms with Gasteiger partial charge in [0.05, 0.1) is 0 Å². The molecule has 0 heterocycles. The molecule has 0 radical (unpaired) electrons. The normalized spacial score (nSPS) is 10.8. The van der Waals surface area contributed by atoms with E-state index in [9.17, 15) is 0 Å². The Morgan fingerprint density at radius 1 is 1.00 bits per heavy atom. The van der Waals surface area contributed by atoms with E-state index >= 15 is 0 Å². The van der Waals surface area contributed by atoms with E-state index in [-0.39, 0.29) is 0 Å². The van der Waals surface area contributed by atoms with Crippen LogP contribution in [-0.4, -0.2) is 6.54 Å². The van der Waals surface area contributed by atoms with E-state index in [1.54, 1.807) is 0 Å². The van der Waals surface area contributed by atoms with E-state index in [1.807, 2.05) is 24.3 Å². The molecule has 2 rings (SSSR count). The highest BCUT2D eigenvalue weighted by Crippen LogP contribution is 2.25. The third-order valence-electron chi connectivity index (χ3n) is 3.24. The summed E-state index contributed by atoms with van der Waals surface area (Å²) in [6, 6.07) is 16.5. The van der Waals surface area contributed by atoms with Gasteiger partial charge in [0.1, 0.15) is 11.5 Å². The fourth-order valence-corrected chi connectivity index (χ4v) is 2.06. The second-order valence-corrected chi connectivity index (χ2v) is 5.26. The van der Waals surface area contributed by atoms with Crippen LogP contribution in [0.5, 0.6) is 11.5 Å². The monoisotopic (exact) mass is 269 g/mol. The van der Waals surface area contributed by atoms with Crippen LogP contribution >= 0.6 is 0 Å². The number of hydrogen-bond acceptors (Lipinski definition) is 2. The quantitative estimate of drug-likeness (QED) is 0.820. The average molecular weight is 269 g/mol. The molecular weight excluding hydrogens is 246 g/mol. The highest BCUT2D eigenvalue weighted by atomic mass is 16.5. The number of rotatable bonds is 6. The van der Waals surface area contributed by atoms with Gasteiger partial charge < -0.3 is 10.1 Å². The molecule has 0 saturated heterocycles. The zero-order valence-electron chi connectivity index (χ0n) is 12.5. The first-order chi connectivity index (χ1) is 9.69. The fraction of sp³-hybridized carbons (Fsp3) is 0.333. The van der Waals surface area contributed by atoms with Crippen LogP contribution in [0, 0.1) is 0 Å². The highest BCUT2D eigenvalue weighted by molar-refractivity contribution is 5.36. The summed E-state index contributed by atoms with van der Waals surface area (Å²) in [4.78, 5) is 0. The smallest absolute Gasteiger partial charge is 0.127 e. The summed E-state index contributed by atoms with van der Waals surface area (Å²) >= 11 is 0. The van der Waals surface area contributed by atoms with Crippen LogP contribution in [0.1, 0.15) is 37.8 Å². The van der Waals surface area contributed by atoms with Gasteiger partial charge in [0.15, 0.2) is 0 Å². The van der Waals surface area contributed by atoms with E-state index < -0.39 is 0 Å². The molecule has 2 aromatic rings. The van der Waals surface area contributed by atoms with E-state index in [0.717, 1.165) is 24.6 Å². The minimum Gasteiger partial charge on any atom is -0.457 e. The molecule has 0 aliphatic heterocycles. The van der Waals surface area contributed by atoms with Gasteiger partial charge in [0, 0.05) is 6.54 Å². The van der Waals surface area contributed by atoms with Crippen molar-refractivity contribution in [1.82, 2.24) is 5.32 Å². The van der Waals surface area contributed by atoms with Gasteiger partial charge in [-0.25, -0.2) is 0 Å². The second kappa shape index (κ2) is 7.11. The lowest BCUT2D eigenvalue weighted by atomic mass is 10.0. The molecule has 106 valence electrons. The summed E-state index contributed by atoms with van der Waals surface area (Å²) in [5, 5.41) is 3.32. The summed E-state index contributed by atoms with van der Waals surface area (Å²) in [6.07, 6.45) is 0. The standard InChI is InChI=1S/C18H23NO/c1-4-19-13-15-7-5-9-17(11-15)20-18-10-6-8-16(12-18)14(2)3/h5-12,14,19H,4,13H2,1-3H3. The van der Waals surface area contributed by atoms with Crippen LogP contribution in [-0.2, 0) is 6.54 Å². The average Bonchev–Trinajstić information content (AvgIpc) is 2.46. The number of benzene rings is 2. The Kier molecular flexibility index (Phi) is 5.19. The SMILES string of the molecule is CCNCc1cccc(Oc2cccc(C(C)C)c2)c1.